The molecule has 3 aromatic rings. The minimum Gasteiger partial charge on any atom is -0.325 e. The Morgan fingerprint density at radius 1 is 1.47 bits per heavy atom. The van der Waals surface area contributed by atoms with Gasteiger partial charge in [-0.3, -0.25) is 4.40 Å². The van der Waals surface area contributed by atoms with Crippen molar-refractivity contribution in [2.45, 2.75) is 13.5 Å². The Labute approximate surface area is 107 Å². The molecule has 4 nitrogen and oxygen atoms in total. The summed E-state index contributed by atoms with van der Waals surface area (Å²) in [6, 6.07) is 6.31. The molecule has 1 aromatic carbocycles. The first kappa shape index (κ1) is 10.8. The van der Waals surface area contributed by atoms with E-state index in [0.29, 0.717) is 0 Å². The zero-order valence-corrected chi connectivity index (χ0v) is 11.3. The highest BCUT2D eigenvalue weighted by Gasteiger charge is 2.13. The van der Waals surface area contributed by atoms with E-state index >= 15 is 0 Å². The van der Waals surface area contributed by atoms with Gasteiger partial charge in [-0.25, -0.2) is 4.98 Å². The van der Waals surface area contributed by atoms with Crippen molar-refractivity contribution in [3.05, 3.63) is 34.1 Å². The van der Waals surface area contributed by atoms with E-state index in [4.69, 9.17) is 0 Å². The first-order valence-electron chi connectivity index (χ1n) is 5.50. The number of imidazole rings is 2. The lowest BCUT2D eigenvalue weighted by molar-refractivity contribution is 0.793. The van der Waals surface area contributed by atoms with Crippen LogP contribution in [-0.2, 0) is 6.54 Å². The van der Waals surface area contributed by atoms with Crippen LogP contribution in [0.4, 0.5) is 0 Å². The molecule has 2 N–H and O–H groups in total. The van der Waals surface area contributed by atoms with Crippen LogP contribution in [0, 0.1) is 6.92 Å². The van der Waals surface area contributed by atoms with Crippen LogP contribution in [0.5, 0.6) is 0 Å². The Bertz CT molecular complexity index is 695. The molecule has 0 atom stereocenters. The van der Waals surface area contributed by atoms with Crippen LogP contribution in [0.25, 0.3) is 16.8 Å². The van der Waals surface area contributed by atoms with Crippen LogP contribution in [0.3, 0.4) is 0 Å². The van der Waals surface area contributed by atoms with E-state index in [0.717, 1.165) is 33.7 Å². The molecular weight excluding hydrogens is 280 g/mol. The van der Waals surface area contributed by atoms with Crippen molar-refractivity contribution >= 4 is 32.7 Å². The molecular formula is C12H13BrN4. The van der Waals surface area contributed by atoms with Gasteiger partial charge in [0, 0.05) is 6.54 Å². The number of rotatable bonds is 2. The lowest BCUT2D eigenvalue weighted by Gasteiger charge is -1.98. The quantitative estimate of drug-likeness (QED) is 0.763. The maximum Gasteiger partial charge on any atom is 0.213 e. The summed E-state index contributed by atoms with van der Waals surface area (Å²) >= 11 is 3.62. The second kappa shape index (κ2) is 3.85. The van der Waals surface area contributed by atoms with Gasteiger partial charge in [-0.05, 0) is 47.6 Å². The fraction of sp³-hybridized carbons (Fsp3) is 0.250. The molecule has 17 heavy (non-hydrogen) atoms. The third kappa shape index (κ3) is 1.57. The number of hydrogen-bond donors (Lipinski definition) is 2. The normalized spacial score (nSPS) is 11.7. The van der Waals surface area contributed by atoms with Crippen molar-refractivity contribution in [2.75, 3.05) is 7.05 Å². The molecule has 0 saturated carbocycles. The predicted molar refractivity (Wildman–Crippen MR) is 72.2 cm³/mol. The molecule has 3 rings (SSSR count). The number of halogens is 1. The van der Waals surface area contributed by atoms with Crippen molar-refractivity contribution in [2.24, 2.45) is 0 Å². The van der Waals surface area contributed by atoms with Gasteiger partial charge in [-0.1, -0.05) is 6.07 Å². The van der Waals surface area contributed by atoms with Crippen molar-refractivity contribution in [1.29, 1.82) is 0 Å². The van der Waals surface area contributed by atoms with Gasteiger partial charge in [0.15, 0.2) is 0 Å². The van der Waals surface area contributed by atoms with E-state index in [9.17, 15) is 0 Å². The van der Waals surface area contributed by atoms with E-state index in [1.165, 1.54) is 5.56 Å². The predicted octanol–water partition coefficient (Wildman–Crippen LogP) is 2.61. The number of nitrogens with one attached hydrogen (secondary N) is 2. The highest BCUT2D eigenvalue weighted by Crippen LogP contribution is 2.25. The Morgan fingerprint density at radius 2 is 2.29 bits per heavy atom. The van der Waals surface area contributed by atoms with Gasteiger partial charge in [-0.2, -0.15) is 0 Å². The summed E-state index contributed by atoms with van der Waals surface area (Å²) in [7, 11) is 1.93. The molecule has 0 aliphatic carbocycles. The monoisotopic (exact) mass is 292 g/mol. The number of hydrogen-bond acceptors (Lipinski definition) is 2. The zero-order chi connectivity index (χ0) is 12.0. The molecule has 0 radical (unpaired) electrons. The molecule has 0 fully saturated rings. The van der Waals surface area contributed by atoms with Gasteiger partial charge >= 0.3 is 0 Å². The van der Waals surface area contributed by atoms with Crippen molar-refractivity contribution in [3.8, 4) is 0 Å². The number of aromatic nitrogens is 3. The average Bonchev–Trinajstić information content (AvgIpc) is 2.77. The first-order chi connectivity index (χ1) is 8.20. The Hall–Kier alpha value is -1.33. The average molecular weight is 293 g/mol. The SMILES string of the molecule is CNCc1[nH]c2nc3cc(C)ccc3n2c1Br. The smallest absolute Gasteiger partial charge is 0.213 e. The highest BCUT2D eigenvalue weighted by molar-refractivity contribution is 9.10. The molecule has 0 bridgehead atoms. The van der Waals surface area contributed by atoms with Gasteiger partial charge in [0.05, 0.1) is 16.7 Å². The summed E-state index contributed by atoms with van der Waals surface area (Å²) in [5, 5.41) is 3.13. The van der Waals surface area contributed by atoms with Gasteiger partial charge in [-0.15, -0.1) is 0 Å². The zero-order valence-electron chi connectivity index (χ0n) is 9.71. The minimum atomic E-state index is 0.789. The molecule has 2 aromatic heterocycles. The highest BCUT2D eigenvalue weighted by atomic mass is 79.9. The third-order valence-electron chi connectivity index (χ3n) is 2.87. The molecule has 0 aliphatic heterocycles. The molecule has 0 aliphatic rings. The molecule has 88 valence electrons. The number of fused-ring (bicyclic) bond motifs is 3. The van der Waals surface area contributed by atoms with Gasteiger partial charge in [0.1, 0.15) is 4.60 Å². The summed E-state index contributed by atoms with van der Waals surface area (Å²) in [6.45, 7) is 2.87. The van der Waals surface area contributed by atoms with Gasteiger partial charge in [0.25, 0.3) is 0 Å². The van der Waals surface area contributed by atoms with Crippen LogP contribution in [-0.4, -0.2) is 21.4 Å². The minimum absolute atomic E-state index is 0.789. The fourth-order valence-corrected chi connectivity index (χ4v) is 2.69. The van der Waals surface area contributed by atoms with Gasteiger partial charge in [0.2, 0.25) is 5.78 Å². The topological polar surface area (TPSA) is 45.1 Å². The third-order valence-corrected chi connectivity index (χ3v) is 3.70. The van der Waals surface area contributed by atoms with Crippen LogP contribution in [0.2, 0.25) is 0 Å². The fourth-order valence-electron chi connectivity index (χ4n) is 2.09. The lowest BCUT2D eigenvalue weighted by atomic mass is 10.2. The lowest BCUT2D eigenvalue weighted by Crippen LogP contribution is -2.05. The molecule has 0 amide bonds. The Kier molecular flexibility index (Phi) is 2.45. The van der Waals surface area contributed by atoms with Crippen LogP contribution in [0.15, 0.2) is 22.8 Å². The van der Waals surface area contributed by atoms with Crippen LogP contribution in [0.1, 0.15) is 11.3 Å². The second-order valence-corrected chi connectivity index (χ2v) is 4.94. The number of nitrogens with zero attached hydrogens (tertiary/aromatic N) is 2. The molecule has 2 heterocycles. The summed E-state index contributed by atoms with van der Waals surface area (Å²) < 4.78 is 3.13. The van der Waals surface area contributed by atoms with E-state index < -0.39 is 0 Å². The van der Waals surface area contributed by atoms with Crippen molar-refractivity contribution < 1.29 is 0 Å². The maximum atomic E-state index is 4.59. The standard InChI is InChI=1S/C12H13BrN4/c1-7-3-4-10-8(5-7)15-12-16-9(6-14-2)11(13)17(10)12/h3-5,14H,6H2,1-2H3,(H,15,16). The summed E-state index contributed by atoms with van der Waals surface area (Å²) in [6.07, 6.45) is 0. The van der Waals surface area contributed by atoms with Crippen molar-refractivity contribution in [1.82, 2.24) is 19.7 Å². The van der Waals surface area contributed by atoms with Gasteiger partial charge < -0.3 is 10.3 Å². The number of H-pyrrole nitrogens is 1. The molecule has 0 saturated heterocycles. The Morgan fingerprint density at radius 3 is 3.06 bits per heavy atom. The van der Waals surface area contributed by atoms with E-state index in [1.807, 2.05) is 7.05 Å². The summed E-state index contributed by atoms with van der Waals surface area (Å²) in [5.41, 5.74) is 4.48. The van der Waals surface area contributed by atoms with Crippen LogP contribution < -0.4 is 5.32 Å². The molecule has 0 unspecified atom stereocenters. The second-order valence-electron chi connectivity index (χ2n) is 4.19. The Balaban J connectivity index is 2.34. The van der Waals surface area contributed by atoms with E-state index in [2.05, 4.69) is 60.7 Å². The number of aryl methyl sites for hydroxylation is 1. The first-order valence-corrected chi connectivity index (χ1v) is 6.30. The summed E-state index contributed by atoms with van der Waals surface area (Å²) in [4.78, 5) is 7.91. The maximum absolute atomic E-state index is 4.59. The summed E-state index contributed by atoms with van der Waals surface area (Å²) in [5.74, 6) is 0.878. The van der Waals surface area contributed by atoms with Crippen LogP contribution >= 0.6 is 15.9 Å². The molecule has 5 heteroatoms. The number of aromatic amines is 1. The van der Waals surface area contributed by atoms with E-state index in [-0.39, 0.29) is 0 Å². The molecule has 0 spiro atoms. The van der Waals surface area contributed by atoms with E-state index in [1.54, 1.807) is 0 Å². The number of benzene rings is 1. The van der Waals surface area contributed by atoms with Crippen molar-refractivity contribution in [3.63, 3.8) is 0 Å². The largest absolute Gasteiger partial charge is 0.325 e.